The molecule has 2 N–H and O–H groups in total. The Kier molecular flexibility index (Phi) is 5.75. The van der Waals surface area contributed by atoms with Crippen LogP contribution in [0, 0.1) is 17.2 Å². The van der Waals surface area contributed by atoms with Gasteiger partial charge in [-0.1, -0.05) is 30.3 Å². The largest absolute Gasteiger partial charge is 0.384 e. The Morgan fingerprint density at radius 3 is 2.57 bits per heavy atom. The lowest BCUT2D eigenvalue weighted by atomic mass is 9.88. The molecule has 0 saturated carbocycles. The summed E-state index contributed by atoms with van der Waals surface area (Å²) in [5, 5.41) is 9.47. The first kappa shape index (κ1) is 16.0. The SMILES string of the molecule is COCC1CCN(CCC(N)(C#N)c2ccccc2)CC1. The Labute approximate surface area is 127 Å². The van der Waals surface area contributed by atoms with Gasteiger partial charge in [0, 0.05) is 20.3 Å². The lowest BCUT2D eigenvalue weighted by Gasteiger charge is -2.33. The quantitative estimate of drug-likeness (QED) is 0.870. The lowest BCUT2D eigenvalue weighted by molar-refractivity contribution is 0.0972. The number of rotatable bonds is 6. The maximum atomic E-state index is 9.47. The van der Waals surface area contributed by atoms with Crippen molar-refractivity contribution in [2.45, 2.75) is 24.8 Å². The lowest BCUT2D eigenvalue weighted by Crippen LogP contribution is -2.42. The van der Waals surface area contributed by atoms with E-state index in [1.54, 1.807) is 7.11 Å². The third-order valence-electron chi connectivity index (χ3n) is 4.42. The number of benzene rings is 1. The van der Waals surface area contributed by atoms with Crippen molar-refractivity contribution >= 4 is 0 Å². The van der Waals surface area contributed by atoms with E-state index in [2.05, 4.69) is 11.0 Å². The number of nitrogens with two attached hydrogens (primary N) is 1. The first-order valence-electron chi connectivity index (χ1n) is 7.65. The molecule has 1 unspecified atom stereocenters. The number of ether oxygens (including phenoxy) is 1. The first-order valence-corrected chi connectivity index (χ1v) is 7.65. The molecule has 0 spiro atoms. The van der Waals surface area contributed by atoms with Crippen LogP contribution in [-0.2, 0) is 10.3 Å². The van der Waals surface area contributed by atoms with Crippen molar-refractivity contribution in [1.82, 2.24) is 4.90 Å². The maximum Gasteiger partial charge on any atom is 0.131 e. The Balaban J connectivity index is 1.86. The molecule has 1 aromatic carbocycles. The molecule has 1 saturated heterocycles. The van der Waals surface area contributed by atoms with Gasteiger partial charge in [0.15, 0.2) is 0 Å². The predicted molar refractivity (Wildman–Crippen MR) is 83.6 cm³/mol. The molecule has 2 rings (SSSR count). The minimum Gasteiger partial charge on any atom is -0.384 e. The Hall–Kier alpha value is -1.41. The average Bonchev–Trinajstić information content (AvgIpc) is 2.55. The fraction of sp³-hybridized carbons (Fsp3) is 0.588. The molecule has 0 aromatic heterocycles. The van der Waals surface area contributed by atoms with Crippen LogP contribution in [-0.4, -0.2) is 38.3 Å². The van der Waals surface area contributed by atoms with E-state index >= 15 is 0 Å². The highest BCUT2D eigenvalue weighted by molar-refractivity contribution is 5.30. The van der Waals surface area contributed by atoms with Gasteiger partial charge in [-0.3, -0.25) is 0 Å². The van der Waals surface area contributed by atoms with Gasteiger partial charge in [0.2, 0.25) is 0 Å². The molecule has 1 atom stereocenters. The Morgan fingerprint density at radius 1 is 1.33 bits per heavy atom. The second kappa shape index (κ2) is 7.56. The molecule has 4 heteroatoms. The van der Waals surface area contributed by atoms with Crippen LogP contribution in [0.5, 0.6) is 0 Å². The highest BCUT2D eigenvalue weighted by atomic mass is 16.5. The number of methoxy groups -OCH3 is 1. The van der Waals surface area contributed by atoms with E-state index in [4.69, 9.17) is 10.5 Å². The predicted octanol–water partition coefficient (Wildman–Crippen LogP) is 2.11. The van der Waals surface area contributed by atoms with Crippen molar-refractivity contribution in [2.24, 2.45) is 11.7 Å². The third-order valence-corrected chi connectivity index (χ3v) is 4.42. The van der Waals surface area contributed by atoms with E-state index in [0.717, 1.165) is 31.8 Å². The molecular formula is C17H25N3O. The summed E-state index contributed by atoms with van der Waals surface area (Å²) in [5.41, 5.74) is 6.32. The molecule has 21 heavy (non-hydrogen) atoms. The van der Waals surface area contributed by atoms with Crippen LogP contribution >= 0.6 is 0 Å². The Morgan fingerprint density at radius 2 is 2.00 bits per heavy atom. The molecular weight excluding hydrogens is 262 g/mol. The van der Waals surface area contributed by atoms with E-state index in [-0.39, 0.29) is 0 Å². The van der Waals surface area contributed by atoms with E-state index in [9.17, 15) is 5.26 Å². The topological polar surface area (TPSA) is 62.3 Å². The molecule has 0 bridgehead atoms. The van der Waals surface area contributed by atoms with Gasteiger partial charge in [-0.15, -0.1) is 0 Å². The average molecular weight is 287 g/mol. The van der Waals surface area contributed by atoms with Crippen LogP contribution in [0.1, 0.15) is 24.8 Å². The maximum absolute atomic E-state index is 9.47. The fourth-order valence-corrected chi connectivity index (χ4v) is 2.95. The summed E-state index contributed by atoms with van der Waals surface area (Å²) >= 11 is 0. The van der Waals surface area contributed by atoms with E-state index < -0.39 is 5.54 Å². The van der Waals surface area contributed by atoms with Crippen molar-refractivity contribution in [3.8, 4) is 6.07 Å². The zero-order chi connectivity index (χ0) is 15.1. The number of hydrogen-bond donors (Lipinski definition) is 1. The van der Waals surface area contributed by atoms with Gasteiger partial charge in [0.25, 0.3) is 0 Å². The summed E-state index contributed by atoms with van der Waals surface area (Å²) < 4.78 is 5.22. The molecule has 1 aliphatic heterocycles. The third kappa shape index (κ3) is 4.28. The number of nitriles is 1. The van der Waals surface area contributed by atoms with Gasteiger partial charge in [0.1, 0.15) is 5.54 Å². The summed E-state index contributed by atoms with van der Waals surface area (Å²) in [6.07, 6.45) is 3.01. The van der Waals surface area contributed by atoms with Crippen molar-refractivity contribution < 1.29 is 4.74 Å². The minimum atomic E-state index is -0.884. The van der Waals surface area contributed by atoms with Crippen LogP contribution in [0.3, 0.4) is 0 Å². The summed E-state index contributed by atoms with van der Waals surface area (Å²) in [7, 11) is 1.77. The molecule has 1 fully saturated rings. The normalized spacial score (nSPS) is 19.9. The van der Waals surface area contributed by atoms with Crippen LogP contribution in [0.25, 0.3) is 0 Å². The second-order valence-electron chi connectivity index (χ2n) is 5.94. The van der Waals surface area contributed by atoms with E-state index in [1.807, 2.05) is 30.3 Å². The number of hydrogen-bond acceptors (Lipinski definition) is 4. The minimum absolute atomic E-state index is 0.669. The Bertz CT molecular complexity index is 463. The smallest absolute Gasteiger partial charge is 0.131 e. The fourth-order valence-electron chi connectivity index (χ4n) is 2.95. The highest BCUT2D eigenvalue weighted by Gasteiger charge is 2.28. The van der Waals surface area contributed by atoms with Crippen molar-refractivity contribution in [3.63, 3.8) is 0 Å². The van der Waals surface area contributed by atoms with Gasteiger partial charge in [0.05, 0.1) is 6.07 Å². The molecule has 4 nitrogen and oxygen atoms in total. The summed E-state index contributed by atoms with van der Waals surface area (Å²) in [6.45, 7) is 3.88. The number of likely N-dealkylation sites (tertiary alicyclic amines) is 1. The van der Waals surface area contributed by atoms with Crippen LogP contribution in [0.2, 0.25) is 0 Å². The molecule has 1 aliphatic rings. The zero-order valence-electron chi connectivity index (χ0n) is 12.8. The standard InChI is InChI=1S/C17H25N3O/c1-21-13-15-7-10-20(11-8-15)12-9-17(19,14-18)16-5-3-2-4-6-16/h2-6,15H,7-13,19H2,1H3. The van der Waals surface area contributed by atoms with Crippen molar-refractivity contribution in [3.05, 3.63) is 35.9 Å². The summed E-state index contributed by atoms with van der Waals surface area (Å²) in [6, 6.07) is 12.0. The van der Waals surface area contributed by atoms with Crippen LogP contribution in [0.4, 0.5) is 0 Å². The van der Waals surface area contributed by atoms with Gasteiger partial charge >= 0.3 is 0 Å². The van der Waals surface area contributed by atoms with Gasteiger partial charge in [-0.2, -0.15) is 5.26 Å². The second-order valence-corrected chi connectivity index (χ2v) is 5.94. The highest BCUT2D eigenvalue weighted by Crippen LogP contribution is 2.23. The van der Waals surface area contributed by atoms with E-state index in [0.29, 0.717) is 12.3 Å². The van der Waals surface area contributed by atoms with Gasteiger partial charge in [-0.25, -0.2) is 0 Å². The molecule has 0 radical (unpaired) electrons. The van der Waals surface area contributed by atoms with Crippen molar-refractivity contribution in [2.75, 3.05) is 33.4 Å². The van der Waals surface area contributed by atoms with Gasteiger partial charge < -0.3 is 15.4 Å². The molecule has 0 amide bonds. The molecule has 0 aliphatic carbocycles. The van der Waals surface area contributed by atoms with Gasteiger partial charge in [-0.05, 0) is 43.8 Å². The number of nitrogens with zero attached hydrogens (tertiary/aromatic N) is 2. The van der Waals surface area contributed by atoms with Crippen molar-refractivity contribution in [1.29, 1.82) is 5.26 Å². The molecule has 1 aromatic rings. The monoisotopic (exact) mass is 287 g/mol. The summed E-state index contributed by atoms with van der Waals surface area (Å²) in [5.74, 6) is 0.680. The van der Waals surface area contributed by atoms with Crippen LogP contribution in [0.15, 0.2) is 30.3 Å². The zero-order valence-corrected chi connectivity index (χ0v) is 12.8. The van der Waals surface area contributed by atoms with E-state index in [1.165, 1.54) is 12.8 Å². The first-order chi connectivity index (χ1) is 10.2. The molecule has 1 heterocycles. The molecule has 114 valence electrons. The number of piperidine rings is 1. The van der Waals surface area contributed by atoms with Crippen LogP contribution < -0.4 is 5.73 Å². The summed E-state index contributed by atoms with van der Waals surface area (Å²) in [4.78, 5) is 2.41.